The molecule has 1 unspecified atom stereocenters. The van der Waals surface area contributed by atoms with E-state index in [1.54, 1.807) is 4.90 Å². The third kappa shape index (κ3) is 5.69. The van der Waals surface area contributed by atoms with Gasteiger partial charge in [-0.1, -0.05) is 30.3 Å². The van der Waals surface area contributed by atoms with Gasteiger partial charge >= 0.3 is 6.09 Å². The molecule has 1 N–H and O–H groups in total. The van der Waals surface area contributed by atoms with Crippen LogP contribution in [0.3, 0.4) is 0 Å². The summed E-state index contributed by atoms with van der Waals surface area (Å²) in [4.78, 5) is 13.9. The summed E-state index contributed by atoms with van der Waals surface area (Å²) in [5.74, 6) is 0.488. The molecule has 2 aliphatic rings. The molecule has 0 aromatic heterocycles. The molecule has 1 aromatic carbocycles. The van der Waals surface area contributed by atoms with E-state index < -0.39 is 9.84 Å². The van der Waals surface area contributed by atoms with Crippen molar-refractivity contribution in [1.29, 1.82) is 0 Å². The van der Waals surface area contributed by atoms with Gasteiger partial charge in [0.15, 0.2) is 0 Å². The molecule has 1 aromatic rings. The van der Waals surface area contributed by atoms with Gasteiger partial charge in [0, 0.05) is 19.1 Å². The third-order valence-corrected chi connectivity index (χ3v) is 6.51. The lowest BCUT2D eigenvalue weighted by Gasteiger charge is -2.33. The molecule has 0 spiro atoms. The molecule has 0 aliphatic carbocycles. The number of amides is 1. The van der Waals surface area contributed by atoms with Crippen LogP contribution in [0.2, 0.25) is 0 Å². The Morgan fingerprint density at radius 1 is 1.23 bits per heavy atom. The quantitative estimate of drug-likeness (QED) is 0.823. The first-order valence-corrected chi connectivity index (χ1v) is 10.8. The Kier molecular flexibility index (Phi) is 6.50. The Bertz CT molecular complexity index is 681. The van der Waals surface area contributed by atoms with Gasteiger partial charge in [0.2, 0.25) is 0 Å². The first-order valence-electron chi connectivity index (χ1n) is 9.03. The second kappa shape index (κ2) is 8.83. The second-order valence-corrected chi connectivity index (χ2v) is 9.12. The van der Waals surface area contributed by atoms with Gasteiger partial charge in [0.05, 0.1) is 30.8 Å². The van der Waals surface area contributed by atoms with E-state index in [1.807, 2.05) is 30.3 Å². The Labute approximate surface area is 154 Å². The fourth-order valence-electron chi connectivity index (χ4n) is 3.21. The number of hydrogen-bond donors (Lipinski definition) is 1. The van der Waals surface area contributed by atoms with E-state index in [0.29, 0.717) is 39.1 Å². The van der Waals surface area contributed by atoms with E-state index in [2.05, 4.69) is 5.32 Å². The predicted molar refractivity (Wildman–Crippen MR) is 97.6 cm³/mol. The van der Waals surface area contributed by atoms with Crippen molar-refractivity contribution in [3.8, 4) is 0 Å². The largest absolute Gasteiger partial charge is 0.445 e. The molecular formula is C18H26N2O5S. The van der Waals surface area contributed by atoms with Gasteiger partial charge in [-0.2, -0.15) is 0 Å². The summed E-state index contributed by atoms with van der Waals surface area (Å²) in [6, 6.07) is 9.79. The fraction of sp³-hybridized carbons (Fsp3) is 0.611. The summed E-state index contributed by atoms with van der Waals surface area (Å²) in [5, 5.41) is 3.38. The van der Waals surface area contributed by atoms with Crippen molar-refractivity contribution in [3.05, 3.63) is 35.9 Å². The van der Waals surface area contributed by atoms with E-state index in [-0.39, 0.29) is 36.4 Å². The van der Waals surface area contributed by atoms with Crippen LogP contribution < -0.4 is 5.32 Å². The number of carbonyl (C=O) groups is 1. The molecule has 1 atom stereocenters. The summed E-state index contributed by atoms with van der Waals surface area (Å²) >= 11 is 0. The highest BCUT2D eigenvalue weighted by atomic mass is 32.2. The number of nitrogens with one attached hydrogen (secondary N) is 1. The zero-order chi connectivity index (χ0) is 18.4. The predicted octanol–water partition coefficient (Wildman–Crippen LogP) is 1.19. The maximum Gasteiger partial charge on any atom is 0.410 e. The highest BCUT2D eigenvalue weighted by Gasteiger charge is 2.27. The lowest BCUT2D eigenvalue weighted by Crippen LogP contribution is -2.51. The number of benzene rings is 1. The van der Waals surface area contributed by atoms with Crippen LogP contribution in [0, 0.1) is 0 Å². The Balaban J connectivity index is 1.40. The minimum Gasteiger partial charge on any atom is -0.445 e. The lowest BCUT2D eigenvalue weighted by atomic mass is 10.1. The summed E-state index contributed by atoms with van der Waals surface area (Å²) in [6.45, 7) is 2.34. The summed E-state index contributed by atoms with van der Waals surface area (Å²) in [5.41, 5.74) is 0.958. The highest BCUT2D eigenvalue weighted by Crippen LogP contribution is 2.13. The number of carbonyl (C=O) groups excluding carboxylic acids is 1. The van der Waals surface area contributed by atoms with Crippen LogP contribution in [0.15, 0.2) is 30.3 Å². The van der Waals surface area contributed by atoms with Crippen LogP contribution in [0.4, 0.5) is 4.79 Å². The molecule has 2 aliphatic heterocycles. The summed E-state index contributed by atoms with van der Waals surface area (Å²) < 4.78 is 34.0. The number of ether oxygens (including phenoxy) is 2. The minimum absolute atomic E-state index is 0.105. The van der Waals surface area contributed by atoms with Crippen molar-refractivity contribution >= 4 is 15.9 Å². The Morgan fingerprint density at radius 2 is 1.96 bits per heavy atom. The maximum atomic E-state index is 12.3. The first kappa shape index (κ1) is 19.1. The molecule has 1 amide bonds. The molecule has 26 heavy (non-hydrogen) atoms. The highest BCUT2D eigenvalue weighted by molar-refractivity contribution is 7.91. The SMILES string of the molecule is O=C(OCc1ccccc1)N1CCOC(CNC2CCS(=O)(=O)CC2)C1. The maximum absolute atomic E-state index is 12.3. The molecule has 0 saturated carbocycles. The van der Waals surface area contributed by atoms with Crippen LogP contribution in [-0.4, -0.2) is 69.3 Å². The number of nitrogens with zero attached hydrogens (tertiary/aromatic N) is 1. The number of hydrogen-bond acceptors (Lipinski definition) is 6. The van der Waals surface area contributed by atoms with Gasteiger partial charge < -0.3 is 19.7 Å². The van der Waals surface area contributed by atoms with Gasteiger partial charge in [-0.3, -0.25) is 0 Å². The minimum atomic E-state index is -2.85. The average molecular weight is 382 g/mol. The fourth-order valence-corrected chi connectivity index (χ4v) is 4.70. The zero-order valence-corrected chi connectivity index (χ0v) is 15.6. The van der Waals surface area contributed by atoms with Crippen molar-refractivity contribution in [2.45, 2.75) is 31.6 Å². The molecule has 3 rings (SSSR count). The molecule has 2 saturated heterocycles. The van der Waals surface area contributed by atoms with Crippen molar-refractivity contribution in [2.24, 2.45) is 0 Å². The van der Waals surface area contributed by atoms with Gasteiger partial charge in [-0.15, -0.1) is 0 Å². The number of rotatable bonds is 5. The summed E-state index contributed by atoms with van der Waals surface area (Å²) in [7, 11) is -2.85. The molecule has 144 valence electrons. The van der Waals surface area contributed by atoms with Crippen LogP contribution in [0.25, 0.3) is 0 Å². The first-order chi connectivity index (χ1) is 12.5. The summed E-state index contributed by atoms with van der Waals surface area (Å²) in [6.07, 6.45) is 0.841. The molecule has 2 heterocycles. The topological polar surface area (TPSA) is 84.9 Å². The number of sulfone groups is 1. The molecule has 0 bridgehead atoms. The third-order valence-electron chi connectivity index (χ3n) is 4.79. The molecular weight excluding hydrogens is 356 g/mol. The van der Waals surface area contributed by atoms with E-state index in [1.165, 1.54) is 0 Å². The van der Waals surface area contributed by atoms with Crippen LogP contribution >= 0.6 is 0 Å². The van der Waals surface area contributed by atoms with Gasteiger partial charge in [0.25, 0.3) is 0 Å². The molecule has 0 radical (unpaired) electrons. The van der Waals surface area contributed by atoms with Gasteiger partial charge in [-0.05, 0) is 18.4 Å². The normalized spacial score (nSPS) is 23.5. The van der Waals surface area contributed by atoms with Crippen molar-refractivity contribution in [2.75, 3.05) is 37.7 Å². The Hall–Kier alpha value is -1.64. The second-order valence-electron chi connectivity index (χ2n) is 6.81. The standard InChI is InChI=1S/C18H26N2O5S/c21-18(25-14-15-4-2-1-3-5-15)20-8-9-24-17(13-20)12-19-16-6-10-26(22,23)11-7-16/h1-5,16-17,19H,6-14H2. The molecule has 2 fully saturated rings. The monoisotopic (exact) mass is 382 g/mol. The van der Waals surface area contributed by atoms with Crippen LogP contribution in [0.1, 0.15) is 18.4 Å². The van der Waals surface area contributed by atoms with E-state index in [0.717, 1.165) is 5.56 Å². The zero-order valence-electron chi connectivity index (χ0n) is 14.8. The van der Waals surface area contributed by atoms with E-state index in [4.69, 9.17) is 9.47 Å². The average Bonchev–Trinajstić information content (AvgIpc) is 2.66. The van der Waals surface area contributed by atoms with Crippen molar-refractivity contribution < 1.29 is 22.7 Å². The van der Waals surface area contributed by atoms with Crippen LogP contribution in [-0.2, 0) is 25.9 Å². The van der Waals surface area contributed by atoms with E-state index in [9.17, 15) is 13.2 Å². The van der Waals surface area contributed by atoms with Crippen molar-refractivity contribution in [1.82, 2.24) is 10.2 Å². The van der Waals surface area contributed by atoms with Gasteiger partial charge in [-0.25, -0.2) is 13.2 Å². The lowest BCUT2D eigenvalue weighted by molar-refractivity contribution is -0.0280. The molecule has 7 nitrogen and oxygen atoms in total. The van der Waals surface area contributed by atoms with E-state index >= 15 is 0 Å². The molecule has 8 heteroatoms. The Morgan fingerprint density at radius 3 is 2.69 bits per heavy atom. The number of morpholine rings is 1. The van der Waals surface area contributed by atoms with Gasteiger partial charge in [0.1, 0.15) is 16.4 Å². The van der Waals surface area contributed by atoms with Crippen molar-refractivity contribution in [3.63, 3.8) is 0 Å². The van der Waals surface area contributed by atoms with Crippen LogP contribution in [0.5, 0.6) is 0 Å². The smallest absolute Gasteiger partial charge is 0.410 e.